The molecule has 1 aliphatic rings. The molecule has 0 N–H and O–H groups in total. The molecule has 2 rings (SSSR count). The lowest BCUT2D eigenvalue weighted by molar-refractivity contribution is 0.0210. The highest BCUT2D eigenvalue weighted by Gasteiger charge is 2.24. The Morgan fingerprint density at radius 1 is 1.29 bits per heavy atom. The number of carbonyl (C=O) groups excluding carboxylic acids is 1. The quantitative estimate of drug-likeness (QED) is 0.569. The van der Waals surface area contributed by atoms with Crippen molar-refractivity contribution in [3.63, 3.8) is 0 Å². The van der Waals surface area contributed by atoms with Crippen LogP contribution in [0.25, 0.3) is 0 Å². The highest BCUT2D eigenvalue weighted by atomic mass is 79.9. The second kappa shape index (κ2) is 6.62. The number of ether oxygens (including phenoxy) is 1. The van der Waals surface area contributed by atoms with E-state index in [0.717, 1.165) is 44.2 Å². The second-order valence-corrected chi connectivity index (χ2v) is 8.20. The number of halogens is 3. The molecule has 0 radical (unpaired) electrons. The van der Waals surface area contributed by atoms with Crippen molar-refractivity contribution >= 4 is 41.6 Å². The summed E-state index contributed by atoms with van der Waals surface area (Å²) in [5.41, 5.74) is -0.166. The Labute approximate surface area is 135 Å². The van der Waals surface area contributed by atoms with Crippen molar-refractivity contribution in [2.45, 2.75) is 43.1 Å². The Balaban J connectivity index is 2.27. The van der Waals surface area contributed by atoms with Crippen molar-refractivity contribution < 1.29 is 22.3 Å². The van der Waals surface area contributed by atoms with Crippen molar-refractivity contribution in [1.29, 1.82) is 0 Å². The minimum atomic E-state index is -4.17. The topological polar surface area (TPSA) is 60.4 Å². The zero-order valence-electron chi connectivity index (χ0n) is 10.9. The summed E-state index contributed by atoms with van der Waals surface area (Å²) in [5.74, 6) is -1.62. The molecule has 0 unspecified atom stereocenters. The largest absolute Gasteiger partial charge is 0.459 e. The van der Waals surface area contributed by atoms with Crippen LogP contribution in [-0.4, -0.2) is 20.5 Å². The van der Waals surface area contributed by atoms with Crippen molar-refractivity contribution in [3.8, 4) is 0 Å². The lowest BCUT2D eigenvalue weighted by atomic mass is 9.98. The number of hydrogen-bond acceptors (Lipinski definition) is 4. The molecule has 116 valence electrons. The average molecular weight is 400 g/mol. The predicted molar refractivity (Wildman–Crippen MR) is 79.4 cm³/mol. The summed E-state index contributed by atoms with van der Waals surface area (Å²) in [7, 11) is 1.06. The third-order valence-electron chi connectivity index (χ3n) is 3.32. The first-order valence-corrected chi connectivity index (χ1v) is 9.54. The maximum atomic E-state index is 13.7. The van der Waals surface area contributed by atoms with Crippen LogP contribution in [0.1, 0.15) is 42.5 Å². The first-order chi connectivity index (χ1) is 9.79. The molecule has 0 saturated heterocycles. The highest BCUT2D eigenvalue weighted by Crippen LogP contribution is 2.30. The third kappa shape index (κ3) is 4.17. The van der Waals surface area contributed by atoms with E-state index in [1.165, 1.54) is 0 Å². The van der Waals surface area contributed by atoms with Gasteiger partial charge in [-0.3, -0.25) is 0 Å². The summed E-state index contributed by atoms with van der Waals surface area (Å²) in [6, 6.07) is 1.95. The van der Waals surface area contributed by atoms with Crippen LogP contribution >= 0.6 is 26.6 Å². The monoisotopic (exact) mass is 398 g/mol. The van der Waals surface area contributed by atoms with E-state index in [1.54, 1.807) is 0 Å². The van der Waals surface area contributed by atoms with E-state index in [1.807, 2.05) is 0 Å². The molecule has 21 heavy (non-hydrogen) atoms. The first-order valence-electron chi connectivity index (χ1n) is 6.43. The van der Waals surface area contributed by atoms with E-state index in [9.17, 15) is 17.6 Å². The molecule has 0 heterocycles. The van der Waals surface area contributed by atoms with Crippen molar-refractivity contribution in [2.24, 2.45) is 0 Å². The van der Waals surface area contributed by atoms with Crippen molar-refractivity contribution in [2.75, 3.05) is 0 Å². The molecule has 4 nitrogen and oxygen atoms in total. The third-order valence-corrected chi connectivity index (χ3v) is 5.73. The molecule has 1 aromatic rings. The van der Waals surface area contributed by atoms with E-state index in [2.05, 4.69) is 15.9 Å². The van der Waals surface area contributed by atoms with Gasteiger partial charge in [0.2, 0.25) is 0 Å². The van der Waals surface area contributed by atoms with Gasteiger partial charge in [-0.2, -0.15) is 0 Å². The van der Waals surface area contributed by atoms with Gasteiger partial charge in [0.1, 0.15) is 16.8 Å². The molecule has 0 aromatic heterocycles. The Morgan fingerprint density at radius 3 is 2.48 bits per heavy atom. The van der Waals surface area contributed by atoms with Gasteiger partial charge in [0.25, 0.3) is 9.05 Å². The molecule has 8 heteroatoms. The van der Waals surface area contributed by atoms with E-state index >= 15 is 0 Å². The van der Waals surface area contributed by atoms with Gasteiger partial charge < -0.3 is 4.74 Å². The number of benzene rings is 1. The van der Waals surface area contributed by atoms with Crippen LogP contribution in [0.4, 0.5) is 4.39 Å². The second-order valence-electron chi connectivity index (χ2n) is 4.87. The normalized spacial score (nSPS) is 16.7. The number of rotatable bonds is 3. The average Bonchev–Trinajstić information content (AvgIpc) is 2.41. The molecular weight excluding hydrogens is 387 g/mol. The fourth-order valence-corrected chi connectivity index (χ4v) is 4.35. The van der Waals surface area contributed by atoms with Crippen molar-refractivity contribution in [1.82, 2.24) is 0 Å². The van der Waals surface area contributed by atoms with Gasteiger partial charge in [0, 0.05) is 10.7 Å². The smallest absolute Gasteiger partial charge is 0.338 e. The summed E-state index contributed by atoms with van der Waals surface area (Å²) in [4.78, 5) is 11.5. The molecule has 0 aliphatic heterocycles. The molecule has 0 atom stereocenters. The van der Waals surface area contributed by atoms with E-state index < -0.39 is 25.7 Å². The minimum absolute atomic E-state index is 0.166. The van der Waals surface area contributed by atoms with Crippen LogP contribution in [0.15, 0.2) is 21.5 Å². The van der Waals surface area contributed by atoms with E-state index in [0.29, 0.717) is 0 Å². The summed E-state index contributed by atoms with van der Waals surface area (Å²) < 4.78 is 41.5. The Bertz CT molecular complexity index is 656. The Hall–Kier alpha value is -0.660. The van der Waals surface area contributed by atoms with Crippen LogP contribution in [0.2, 0.25) is 0 Å². The molecule has 0 spiro atoms. The van der Waals surface area contributed by atoms with Gasteiger partial charge in [0.15, 0.2) is 0 Å². The van der Waals surface area contributed by atoms with Crippen LogP contribution in [0.3, 0.4) is 0 Å². The van der Waals surface area contributed by atoms with Gasteiger partial charge in [-0.05, 0) is 53.7 Å². The SMILES string of the molecule is O=C(OC1CCCCC1)c1cc(F)c(Br)c(S(=O)(=O)Cl)c1. The summed E-state index contributed by atoms with van der Waals surface area (Å²) >= 11 is 2.81. The number of esters is 1. The summed E-state index contributed by atoms with van der Waals surface area (Å²) in [5, 5.41) is 0. The van der Waals surface area contributed by atoms with E-state index in [4.69, 9.17) is 15.4 Å². The van der Waals surface area contributed by atoms with E-state index in [-0.39, 0.29) is 16.1 Å². The Kier molecular flexibility index (Phi) is 5.27. The van der Waals surface area contributed by atoms with Crippen LogP contribution in [0, 0.1) is 5.82 Å². The molecule has 1 fully saturated rings. The van der Waals surface area contributed by atoms with Crippen LogP contribution in [-0.2, 0) is 13.8 Å². The molecular formula is C13H13BrClFO4S. The molecule has 1 saturated carbocycles. The Morgan fingerprint density at radius 2 is 1.90 bits per heavy atom. The summed E-state index contributed by atoms with van der Waals surface area (Å²) in [6.07, 6.45) is 4.41. The van der Waals surface area contributed by atoms with Gasteiger partial charge in [-0.25, -0.2) is 17.6 Å². The number of hydrogen-bond donors (Lipinski definition) is 0. The molecule has 1 aromatic carbocycles. The van der Waals surface area contributed by atoms with Crippen LogP contribution in [0.5, 0.6) is 0 Å². The first kappa shape index (κ1) is 16.7. The predicted octanol–water partition coefficient (Wildman–Crippen LogP) is 4.01. The van der Waals surface area contributed by atoms with Gasteiger partial charge in [-0.1, -0.05) is 6.42 Å². The highest BCUT2D eigenvalue weighted by molar-refractivity contribution is 9.10. The maximum absolute atomic E-state index is 13.7. The van der Waals surface area contributed by atoms with Gasteiger partial charge >= 0.3 is 5.97 Å². The lowest BCUT2D eigenvalue weighted by Crippen LogP contribution is -2.21. The zero-order chi connectivity index (χ0) is 15.6. The minimum Gasteiger partial charge on any atom is -0.459 e. The summed E-state index contributed by atoms with van der Waals surface area (Å²) in [6.45, 7) is 0. The molecule has 1 aliphatic carbocycles. The standard InChI is InChI=1S/C13H13BrClFO4S/c14-12-10(16)6-8(7-11(12)21(15,18)19)13(17)20-9-4-2-1-3-5-9/h6-7,9H,1-5H2. The molecule has 0 amide bonds. The van der Waals surface area contributed by atoms with Gasteiger partial charge in [0.05, 0.1) is 10.0 Å². The molecule has 0 bridgehead atoms. The lowest BCUT2D eigenvalue weighted by Gasteiger charge is -2.21. The number of carbonyl (C=O) groups is 1. The maximum Gasteiger partial charge on any atom is 0.338 e. The zero-order valence-corrected chi connectivity index (χ0v) is 14.1. The van der Waals surface area contributed by atoms with Crippen LogP contribution < -0.4 is 0 Å². The fraction of sp³-hybridized carbons (Fsp3) is 0.462. The van der Waals surface area contributed by atoms with Gasteiger partial charge in [-0.15, -0.1) is 0 Å². The fourth-order valence-electron chi connectivity index (χ4n) is 2.26. The van der Waals surface area contributed by atoms with Crippen molar-refractivity contribution in [3.05, 3.63) is 28.0 Å².